The molecule has 1 atom stereocenters. The molecule has 2 nitrogen and oxygen atoms in total. The van der Waals surface area contributed by atoms with Gasteiger partial charge in [-0.05, 0) is 35.1 Å². The van der Waals surface area contributed by atoms with Crippen LogP contribution in [0.25, 0.3) is 0 Å². The molecule has 0 spiro atoms. The molecular weight excluding hydrogens is 330 g/mol. The van der Waals surface area contributed by atoms with Gasteiger partial charge in [0.05, 0.1) is 12.7 Å². The zero-order chi connectivity index (χ0) is 18.3. The number of fused-ring (bicyclic) bond motifs is 1. The highest BCUT2D eigenvalue weighted by molar-refractivity contribution is 5.31. The highest BCUT2D eigenvalue weighted by Crippen LogP contribution is 2.30. The maximum absolute atomic E-state index is 6.13. The lowest BCUT2D eigenvalue weighted by Gasteiger charge is -2.29. The fourth-order valence-electron chi connectivity index (χ4n) is 3.91. The average Bonchev–Trinajstić information content (AvgIpc) is 2.73. The van der Waals surface area contributed by atoms with Gasteiger partial charge in [0.1, 0.15) is 0 Å². The fraction of sp³-hybridized carbons (Fsp3) is 0.280. The van der Waals surface area contributed by atoms with Crippen molar-refractivity contribution < 1.29 is 4.74 Å². The van der Waals surface area contributed by atoms with Crippen LogP contribution in [0, 0.1) is 0 Å². The number of rotatable bonds is 7. The van der Waals surface area contributed by atoms with E-state index in [2.05, 4.69) is 89.8 Å². The van der Waals surface area contributed by atoms with Crippen molar-refractivity contribution in [3.05, 3.63) is 107 Å². The van der Waals surface area contributed by atoms with E-state index in [-0.39, 0.29) is 6.10 Å². The van der Waals surface area contributed by atoms with Crippen molar-refractivity contribution in [1.82, 2.24) is 4.90 Å². The molecule has 0 fully saturated rings. The molecule has 2 heteroatoms. The van der Waals surface area contributed by atoms with Crippen molar-refractivity contribution in [3.8, 4) is 0 Å². The van der Waals surface area contributed by atoms with Gasteiger partial charge in [-0.3, -0.25) is 4.90 Å². The van der Waals surface area contributed by atoms with E-state index in [4.69, 9.17) is 4.74 Å². The molecule has 1 heterocycles. The molecule has 0 N–H and O–H groups in total. The standard InChI is InChI=1S/C25H27NO/c1-3-9-21(10-4-1)19-26(20-22-11-5-2-6-12-22)17-15-25-24-14-8-7-13-23(24)16-18-27-25/h1-14,25H,15-20H2. The Kier molecular flexibility index (Phi) is 5.98. The van der Waals surface area contributed by atoms with Crippen molar-refractivity contribution in [1.29, 1.82) is 0 Å². The van der Waals surface area contributed by atoms with Crippen LogP contribution in [0.15, 0.2) is 84.9 Å². The SMILES string of the molecule is c1ccc(CN(CCC2OCCc3ccccc32)Cc2ccccc2)cc1. The van der Waals surface area contributed by atoms with Gasteiger partial charge in [-0.15, -0.1) is 0 Å². The molecule has 0 amide bonds. The summed E-state index contributed by atoms with van der Waals surface area (Å²) in [5.41, 5.74) is 5.55. The second-order valence-electron chi connectivity index (χ2n) is 7.28. The summed E-state index contributed by atoms with van der Waals surface area (Å²) in [5.74, 6) is 0. The van der Waals surface area contributed by atoms with E-state index in [1.54, 1.807) is 0 Å². The minimum absolute atomic E-state index is 0.212. The van der Waals surface area contributed by atoms with Crippen LogP contribution in [0.5, 0.6) is 0 Å². The molecule has 0 saturated heterocycles. The monoisotopic (exact) mass is 357 g/mol. The van der Waals surface area contributed by atoms with Gasteiger partial charge in [-0.25, -0.2) is 0 Å². The van der Waals surface area contributed by atoms with Crippen LogP contribution in [0.2, 0.25) is 0 Å². The zero-order valence-electron chi connectivity index (χ0n) is 15.8. The summed E-state index contributed by atoms with van der Waals surface area (Å²) < 4.78 is 6.13. The quantitative estimate of drug-likeness (QED) is 0.562. The maximum Gasteiger partial charge on any atom is 0.0839 e. The van der Waals surface area contributed by atoms with E-state index in [1.807, 2.05) is 0 Å². The number of benzene rings is 3. The molecule has 27 heavy (non-hydrogen) atoms. The highest BCUT2D eigenvalue weighted by Gasteiger charge is 2.21. The van der Waals surface area contributed by atoms with Crippen molar-refractivity contribution in [3.63, 3.8) is 0 Å². The van der Waals surface area contributed by atoms with E-state index < -0.39 is 0 Å². The Morgan fingerprint density at radius 1 is 0.741 bits per heavy atom. The van der Waals surface area contributed by atoms with E-state index in [0.717, 1.165) is 39.1 Å². The zero-order valence-corrected chi connectivity index (χ0v) is 15.8. The molecule has 138 valence electrons. The second kappa shape index (κ2) is 8.98. The predicted octanol–water partition coefficient (Wildman–Crippen LogP) is 5.39. The Balaban J connectivity index is 1.46. The molecule has 3 aromatic carbocycles. The first kappa shape index (κ1) is 18.0. The second-order valence-corrected chi connectivity index (χ2v) is 7.28. The summed E-state index contributed by atoms with van der Waals surface area (Å²) in [4.78, 5) is 2.53. The minimum Gasteiger partial charge on any atom is -0.373 e. The van der Waals surface area contributed by atoms with Crippen LogP contribution in [0.4, 0.5) is 0 Å². The number of hydrogen-bond acceptors (Lipinski definition) is 2. The highest BCUT2D eigenvalue weighted by atomic mass is 16.5. The first-order valence-corrected chi connectivity index (χ1v) is 9.88. The third kappa shape index (κ3) is 4.85. The summed E-state index contributed by atoms with van der Waals surface area (Å²) in [6.07, 6.45) is 2.27. The molecule has 0 aromatic heterocycles. The largest absolute Gasteiger partial charge is 0.373 e. The Bertz CT molecular complexity index is 790. The number of nitrogens with zero attached hydrogens (tertiary/aromatic N) is 1. The lowest BCUT2D eigenvalue weighted by molar-refractivity contribution is 0.0280. The van der Waals surface area contributed by atoms with Crippen LogP contribution < -0.4 is 0 Å². The third-order valence-corrected chi connectivity index (χ3v) is 5.30. The van der Waals surface area contributed by atoms with Crippen LogP contribution in [-0.4, -0.2) is 18.1 Å². The molecule has 0 radical (unpaired) electrons. The van der Waals surface area contributed by atoms with Gasteiger partial charge in [0.2, 0.25) is 0 Å². The summed E-state index contributed by atoms with van der Waals surface area (Å²) in [7, 11) is 0. The van der Waals surface area contributed by atoms with E-state index in [1.165, 1.54) is 22.3 Å². The van der Waals surface area contributed by atoms with Crippen molar-refractivity contribution in [2.75, 3.05) is 13.2 Å². The first-order valence-electron chi connectivity index (χ1n) is 9.88. The summed E-state index contributed by atoms with van der Waals surface area (Å²) in [6.45, 7) is 3.77. The van der Waals surface area contributed by atoms with Gasteiger partial charge in [-0.1, -0.05) is 84.9 Å². The van der Waals surface area contributed by atoms with E-state index in [0.29, 0.717) is 0 Å². The Morgan fingerprint density at radius 2 is 1.33 bits per heavy atom. The minimum atomic E-state index is 0.212. The number of hydrogen-bond donors (Lipinski definition) is 0. The van der Waals surface area contributed by atoms with Crippen molar-refractivity contribution in [2.24, 2.45) is 0 Å². The van der Waals surface area contributed by atoms with Crippen LogP contribution >= 0.6 is 0 Å². The van der Waals surface area contributed by atoms with Crippen LogP contribution in [0.3, 0.4) is 0 Å². The molecule has 4 rings (SSSR count). The van der Waals surface area contributed by atoms with Gasteiger partial charge >= 0.3 is 0 Å². The van der Waals surface area contributed by atoms with Gasteiger partial charge in [0.15, 0.2) is 0 Å². The molecule has 1 unspecified atom stereocenters. The third-order valence-electron chi connectivity index (χ3n) is 5.30. The lowest BCUT2D eigenvalue weighted by atomic mass is 9.95. The predicted molar refractivity (Wildman–Crippen MR) is 110 cm³/mol. The van der Waals surface area contributed by atoms with E-state index >= 15 is 0 Å². The Morgan fingerprint density at radius 3 is 2.00 bits per heavy atom. The van der Waals surface area contributed by atoms with E-state index in [9.17, 15) is 0 Å². The first-order chi connectivity index (χ1) is 13.4. The lowest BCUT2D eigenvalue weighted by Crippen LogP contribution is -2.27. The van der Waals surface area contributed by atoms with Crippen molar-refractivity contribution >= 4 is 0 Å². The molecule has 0 saturated carbocycles. The van der Waals surface area contributed by atoms with Gasteiger partial charge in [-0.2, -0.15) is 0 Å². The summed E-state index contributed by atoms with van der Waals surface area (Å²) >= 11 is 0. The maximum atomic E-state index is 6.13. The Hall–Kier alpha value is -2.42. The normalized spacial score (nSPS) is 16.3. The molecule has 0 bridgehead atoms. The topological polar surface area (TPSA) is 12.5 Å². The molecule has 3 aromatic rings. The summed E-state index contributed by atoms with van der Waals surface area (Å²) in [6, 6.07) is 30.2. The smallest absolute Gasteiger partial charge is 0.0839 e. The fourth-order valence-corrected chi connectivity index (χ4v) is 3.91. The number of ether oxygens (including phenoxy) is 1. The van der Waals surface area contributed by atoms with Crippen LogP contribution in [-0.2, 0) is 24.2 Å². The molecule has 1 aliphatic heterocycles. The van der Waals surface area contributed by atoms with Gasteiger partial charge < -0.3 is 4.74 Å². The molecular formula is C25H27NO. The molecule has 1 aliphatic rings. The van der Waals surface area contributed by atoms with Gasteiger partial charge in [0, 0.05) is 19.6 Å². The molecule has 0 aliphatic carbocycles. The van der Waals surface area contributed by atoms with Crippen molar-refractivity contribution in [2.45, 2.75) is 32.0 Å². The summed E-state index contributed by atoms with van der Waals surface area (Å²) in [5, 5.41) is 0. The Labute approximate surface area is 162 Å². The average molecular weight is 357 g/mol. The van der Waals surface area contributed by atoms with Crippen LogP contribution in [0.1, 0.15) is 34.8 Å². The van der Waals surface area contributed by atoms with Gasteiger partial charge in [0.25, 0.3) is 0 Å².